The van der Waals surface area contributed by atoms with Crippen molar-refractivity contribution in [1.82, 2.24) is 9.88 Å². The van der Waals surface area contributed by atoms with Gasteiger partial charge in [0.2, 0.25) is 5.91 Å². The first-order valence-corrected chi connectivity index (χ1v) is 6.07. The number of hydrogen-bond donors (Lipinski definition) is 0. The summed E-state index contributed by atoms with van der Waals surface area (Å²) in [6, 6.07) is 7.97. The van der Waals surface area contributed by atoms with Crippen LogP contribution in [0.15, 0.2) is 36.7 Å². The highest BCUT2D eigenvalue weighted by molar-refractivity contribution is 6.04. The van der Waals surface area contributed by atoms with Crippen molar-refractivity contribution in [3.63, 3.8) is 0 Å². The maximum Gasteiger partial charge on any atom is 0.241 e. The minimum atomic E-state index is 0.160. The van der Waals surface area contributed by atoms with Gasteiger partial charge in [-0.2, -0.15) is 0 Å². The van der Waals surface area contributed by atoms with E-state index in [0.29, 0.717) is 6.54 Å². The molecule has 2 heterocycles. The average Bonchev–Trinajstić information content (AvgIpc) is 2.38. The highest BCUT2D eigenvalue weighted by atomic mass is 16.2. The number of carbonyl (C=O) groups excluding carboxylic acids is 1. The monoisotopic (exact) mass is 241 g/mol. The molecule has 0 N–H and O–H groups in total. The summed E-state index contributed by atoms with van der Waals surface area (Å²) in [5.74, 6) is 0.160. The molecule has 1 aromatic carbocycles. The fourth-order valence-electron chi connectivity index (χ4n) is 2.39. The van der Waals surface area contributed by atoms with Crippen LogP contribution >= 0.6 is 0 Å². The van der Waals surface area contributed by atoms with Crippen LogP contribution < -0.4 is 4.90 Å². The van der Waals surface area contributed by atoms with Crippen LogP contribution in [0.25, 0.3) is 10.8 Å². The van der Waals surface area contributed by atoms with Crippen LogP contribution in [0.3, 0.4) is 0 Å². The van der Waals surface area contributed by atoms with Gasteiger partial charge in [-0.1, -0.05) is 12.1 Å². The molecule has 1 amide bonds. The Balaban J connectivity index is 2.06. The van der Waals surface area contributed by atoms with Crippen molar-refractivity contribution in [1.29, 1.82) is 0 Å². The predicted molar refractivity (Wildman–Crippen MR) is 71.6 cm³/mol. The van der Waals surface area contributed by atoms with Crippen LogP contribution in [0.1, 0.15) is 0 Å². The van der Waals surface area contributed by atoms with Crippen molar-refractivity contribution in [2.45, 2.75) is 0 Å². The van der Waals surface area contributed by atoms with E-state index in [4.69, 9.17) is 0 Å². The molecule has 0 spiro atoms. The molecule has 1 fully saturated rings. The number of hydrogen-bond acceptors (Lipinski definition) is 3. The van der Waals surface area contributed by atoms with Crippen molar-refractivity contribution < 1.29 is 4.79 Å². The highest BCUT2D eigenvalue weighted by Gasteiger charge is 2.23. The van der Waals surface area contributed by atoms with E-state index < -0.39 is 0 Å². The Morgan fingerprint density at radius 3 is 2.94 bits per heavy atom. The van der Waals surface area contributed by atoms with E-state index in [1.165, 1.54) is 0 Å². The van der Waals surface area contributed by atoms with Gasteiger partial charge in [-0.25, -0.2) is 0 Å². The molecule has 0 bridgehead atoms. The lowest BCUT2D eigenvalue weighted by Gasteiger charge is -2.32. The van der Waals surface area contributed by atoms with Gasteiger partial charge in [0, 0.05) is 36.3 Å². The average molecular weight is 241 g/mol. The second kappa shape index (κ2) is 4.38. The van der Waals surface area contributed by atoms with E-state index >= 15 is 0 Å². The molecule has 0 saturated carbocycles. The molecule has 1 saturated heterocycles. The first-order valence-electron chi connectivity index (χ1n) is 6.07. The maximum absolute atomic E-state index is 12.1. The molecule has 3 rings (SSSR count). The number of amides is 1. The zero-order valence-corrected chi connectivity index (χ0v) is 10.3. The van der Waals surface area contributed by atoms with Crippen molar-refractivity contribution in [3.8, 4) is 0 Å². The number of aromatic nitrogens is 1. The van der Waals surface area contributed by atoms with Crippen LogP contribution in [0.4, 0.5) is 5.69 Å². The lowest BCUT2D eigenvalue weighted by molar-refractivity contribution is -0.120. The molecular weight excluding hydrogens is 226 g/mol. The lowest BCUT2D eigenvalue weighted by atomic mass is 10.1. The standard InChI is InChI=1S/C14H15N3O/c1-16-7-8-17(14(18)10-16)13-4-2-3-11-9-15-6-5-12(11)13/h2-6,9H,7-8,10H2,1H3. The molecule has 0 radical (unpaired) electrons. The Morgan fingerprint density at radius 1 is 1.22 bits per heavy atom. The largest absolute Gasteiger partial charge is 0.309 e. The maximum atomic E-state index is 12.1. The molecular formula is C14H15N3O. The molecule has 4 nitrogen and oxygen atoms in total. The number of pyridine rings is 1. The zero-order valence-electron chi connectivity index (χ0n) is 10.3. The Morgan fingerprint density at radius 2 is 2.11 bits per heavy atom. The summed E-state index contributed by atoms with van der Waals surface area (Å²) in [6.45, 7) is 2.14. The van der Waals surface area contributed by atoms with Gasteiger partial charge in [0.15, 0.2) is 0 Å². The SMILES string of the molecule is CN1CCN(c2cccc3cnccc23)C(=O)C1. The molecule has 0 unspecified atom stereocenters. The lowest BCUT2D eigenvalue weighted by Crippen LogP contribution is -2.48. The van der Waals surface area contributed by atoms with Crippen LogP contribution in [0, 0.1) is 0 Å². The van der Waals surface area contributed by atoms with Gasteiger partial charge >= 0.3 is 0 Å². The van der Waals surface area contributed by atoms with Crippen LogP contribution in [0.5, 0.6) is 0 Å². The molecule has 0 aliphatic carbocycles. The quantitative estimate of drug-likeness (QED) is 0.759. The predicted octanol–water partition coefficient (Wildman–Crippen LogP) is 1.51. The second-order valence-electron chi connectivity index (χ2n) is 4.66. The molecule has 18 heavy (non-hydrogen) atoms. The van der Waals surface area contributed by atoms with Gasteiger partial charge in [0.05, 0.1) is 12.2 Å². The van der Waals surface area contributed by atoms with Crippen molar-refractivity contribution in [3.05, 3.63) is 36.7 Å². The fourth-order valence-corrected chi connectivity index (χ4v) is 2.39. The normalized spacial score (nSPS) is 17.4. The van der Waals surface area contributed by atoms with Gasteiger partial charge in [-0.3, -0.25) is 14.7 Å². The number of anilines is 1. The molecule has 0 atom stereocenters. The number of piperazine rings is 1. The third-order valence-electron chi connectivity index (χ3n) is 3.36. The number of rotatable bonds is 1. The number of benzene rings is 1. The summed E-state index contributed by atoms with van der Waals surface area (Å²) < 4.78 is 0. The molecule has 1 aromatic heterocycles. The first-order chi connectivity index (χ1) is 8.75. The van der Waals surface area contributed by atoms with Gasteiger partial charge in [0.25, 0.3) is 0 Å². The minimum Gasteiger partial charge on any atom is -0.309 e. The van der Waals surface area contributed by atoms with E-state index in [0.717, 1.165) is 29.5 Å². The van der Waals surface area contributed by atoms with Crippen LogP contribution in [-0.2, 0) is 4.79 Å². The summed E-state index contributed by atoms with van der Waals surface area (Å²) in [7, 11) is 1.97. The van der Waals surface area contributed by atoms with Crippen molar-refractivity contribution in [2.24, 2.45) is 0 Å². The summed E-state index contributed by atoms with van der Waals surface area (Å²) in [5.41, 5.74) is 0.994. The number of likely N-dealkylation sites (N-methyl/N-ethyl adjacent to an activating group) is 1. The second-order valence-corrected chi connectivity index (χ2v) is 4.66. The topological polar surface area (TPSA) is 36.4 Å². The number of fused-ring (bicyclic) bond motifs is 1. The Bertz CT molecular complexity index is 591. The fraction of sp³-hybridized carbons (Fsp3) is 0.286. The van der Waals surface area contributed by atoms with E-state index in [2.05, 4.69) is 4.98 Å². The van der Waals surface area contributed by atoms with Gasteiger partial charge in [0.1, 0.15) is 0 Å². The first kappa shape index (κ1) is 11.2. The molecule has 1 aliphatic heterocycles. The third-order valence-corrected chi connectivity index (χ3v) is 3.36. The Hall–Kier alpha value is -1.94. The number of carbonyl (C=O) groups is 1. The van der Waals surface area contributed by atoms with E-state index in [9.17, 15) is 4.79 Å². The zero-order chi connectivity index (χ0) is 12.5. The summed E-state index contributed by atoms with van der Waals surface area (Å²) in [5, 5.41) is 2.16. The Kier molecular flexibility index (Phi) is 2.72. The molecule has 2 aromatic rings. The van der Waals surface area contributed by atoms with Crippen LogP contribution in [-0.4, -0.2) is 42.5 Å². The third kappa shape index (κ3) is 1.84. The van der Waals surface area contributed by atoms with Crippen molar-refractivity contribution >= 4 is 22.4 Å². The van der Waals surface area contributed by atoms with Crippen molar-refractivity contribution in [2.75, 3.05) is 31.6 Å². The summed E-state index contributed by atoms with van der Waals surface area (Å²) >= 11 is 0. The smallest absolute Gasteiger partial charge is 0.241 e. The Labute approximate surface area is 106 Å². The molecule has 92 valence electrons. The molecule has 4 heteroatoms. The van der Waals surface area contributed by atoms with E-state index in [1.54, 1.807) is 6.20 Å². The van der Waals surface area contributed by atoms with E-state index in [1.807, 2.05) is 47.3 Å². The summed E-state index contributed by atoms with van der Waals surface area (Å²) in [4.78, 5) is 20.2. The summed E-state index contributed by atoms with van der Waals surface area (Å²) in [6.07, 6.45) is 3.60. The minimum absolute atomic E-state index is 0.160. The van der Waals surface area contributed by atoms with Gasteiger partial charge < -0.3 is 4.90 Å². The van der Waals surface area contributed by atoms with Gasteiger partial charge in [-0.05, 0) is 19.2 Å². The van der Waals surface area contributed by atoms with E-state index in [-0.39, 0.29) is 5.91 Å². The number of nitrogens with zero attached hydrogens (tertiary/aromatic N) is 3. The van der Waals surface area contributed by atoms with Crippen LogP contribution in [0.2, 0.25) is 0 Å². The van der Waals surface area contributed by atoms with Gasteiger partial charge in [-0.15, -0.1) is 0 Å². The molecule has 1 aliphatic rings. The highest BCUT2D eigenvalue weighted by Crippen LogP contribution is 2.27.